The van der Waals surface area contributed by atoms with Gasteiger partial charge in [-0.25, -0.2) is 0 Å². The van der Waals surface area contributed by atoms with Gasteiger partial charge in [0.15, 0.2) is 0 Å². The number of hydrogen-bond acceptors (Lipinski definition) is 4. The van der Waals surface area contributed by atoms with Crippen molar-refractivity contribution in [1.29, 1.82) is 0 Å². The Balaban J connectivity index is 2.16. The van der Waals surface area contributed by atoms with E-state index in [0.29, 0.717) is 18.7 Å². The first-order chi connectivity index (χ1) is 7.08. The molecule has 15 heavy (non-hydrogen) atoms. The predicted octanol–water partition coefficient (Wildman–Crippen LogP) is 0.0660. The molecule has 0 amide bonds. The molecule has 90 valence electrons. The maximum Gasteiger partial charge on any atom is 0.0791 e. The van der Waals surface area contributed by atoms with Gasteiger partial charge >= 0.3 is 0 Å². The summed E-state index contributed by atoms with van der Waals surface area (Å²) in [5.41, 5.74) is 0. The van der Waals surface area contributed by atoms with Crippen LogP contribution in [0.1, 0.15) is 20.8 Å². The van der Waals surface area contributed by atoms with Gasteiger partial charge in [0.1, 0.15) is 0 Å². The molecule has 1 rings (SSSR count). The Labute approximate surface area is 92.6 Å². The third-order valence-corrected chi connectivity index (χ3v) is 2.56. The molecule has 1 heterocycles. The SMILES string of the molecule is CC(C)NCC(O)CN1CCOC(C)C1. The number of nitrogens with one attached hydrogen (secondary N) is 1. The largest absolute Gasteiger partial charge is 0.390 e. The molecule has 2 atom stereocenters. The Kier molecular flexibility index (Phi) is 5.53. The summed E-state index contributed by atoms with van der Waals surface area (Å²) in [6.45, 7) is 10.3. The number of aliphatic hydroxyl groups is 1. The third-order valence-electron chi connectivity index (χ3n) is 2.56. The highest BCUT2D eigenvalue weighted by Gasteiger charge is 2.18. The molecule has 0 radical (unpaired) electrons. The maximum absolute atomic E-state index is 9.79. The summed E-state index contributed by atoms with van der Waals surface area (Å²) < 4.78 is 5.45. The smallest absolute Gasteiger partial charge is 0.0791 e. The van der Waals surface area contributed by atoms with Crippen LogP contribution in [-0.2, 0) is 4.74 Å². The molecule has 1 fully saturated rings. The zero-order chi connectivity index (χ0) is 11.3. The lowest BCUT2D eigenvalue weighted by atomic mass is 10.2. The number of ether oxygens (including phenoxy) is 1. The molecule has 1 aliphatic rings. The monoisotopic (exact) mass is 216 g/mol. The van der Waals surface area contributed by atoms with Crippen LogP contribution in [0.4, 0.5) is 0 Å². The first kappa shape index (κ1) is 12.9. The Morgan fingerprint density at radius 2 is 2.27 bits per heavy atom. The molecule has 2 unspecified atom stereocenters. The van der Waals surface area contributed by atoms with E-state index in [-0.39, 0.29) is 6.10 Å². The Bertz CT molecular complexity index is 176. The van der Waals surface area contributed by atoms with Crippen molar-refractivity contribution in [2.75, 3.05) is 32.8 Å². The molecule has 0 bridgehead atoms. The van der Waals surface area contributed by atoms with Crippen molar-refractivity contribution in [3.8, 4) is 0 Å². The molecular weight excluding hydrogens is 192 g/mol. The van der Waals surface area contributed by atoms with Crippen molar-refractivity contribution in [2.45, 2.75) is 39.0 Å². The molecular formula is C11H24N2O2. The molecule has 4 nitrogen and oxygen atoms in total. The fraction of sp³-hybridized carbons (Fsp3) is 1.00. The average molecular weight is 216 g/mol. The summed E-state index contributed by atoms with van der Waals surface area (Å²) in [6.07, 6.45) is 0.0155. The van der Waals surface area contributed by atoms with Gasteiger partial charge in [0.25, 0.3) is 0 Å². The first-order valence-electron chi connectivity index (χ1n) is 5.83. The van der Waals surface area contributed by atoms with Crippen molar-refractivity contribution >= 4 is 0 Å². The fourth-order valence-electron chi connectivity index (χ4n) is 1.79. The summed E-state index contributed by atoms with van der Waals surface area (Å²) >= 11 is 0. The maximum atomic E-state index is 9.79. The van der Waals surface area contributed by atoms with E-state index < -0.39 is 0 Å². The number of aliphatic hydroxyl groups excluding tert-OH is 1. The highest BCUT2D eigenvalue weighted by molar-refractivity contribution is 4.72. The van der Waals surface area contributed by atoms with Crippen LogP contribution in [0.2, 0.25) is 0 Å². The van der Waals surface area contributed by atoms with E-state index in [2.05, 4.69) is 31.0 Å². The Morgan fingerprint density at radius 1 is 1.53 bits per heavy atom. The van der Waals surface area contributed by atoms with Gasteiger partial charge in [-0.2, -0.15) is 0 Å². The summed E-state index contributed by atoms with van der Waals surface area (Å²) in [5.74, 6) is 0. The lowest BCUT2D eigenvalue weighted by molar-refractivity contribution is -0.0314. The summed E-state index contributed by atoms with van der Waals surface area (Å²) in [5, 5.41) is 13.0. The standard InChI is InChI=1S/C11H24N2O2/c1-9(2)12-6-11(14)8-13-4-5-15-10(3)7-13/h9-12,14H,4-8H2,1-3H3. The molecule has 0 aromatic heterocycles. The fourth-order valence-corrected chi connectivity index (χ4v) is 1.79. The van der Waals surface area contributed by atoms with Gasteiger partial charge in [0.05, 0.1) is 18.8 Å². The topological polar surface area (TPSA) is 44.7 Å². The first-order valence-corrected chi connectivity index (χ1v) is 5.83. The second kappa shape index (κ2) is 6.43. The molecule has 1 aliphatic heterocycles. The molecule has 1 saturated heterocycles. The van der Waals surface area contributed by atoms with Gasteiger partial charge in [0.2, 0.25) is 0 Å². The van der Waals surface area contributed by atoms with Gasteiger partial charge in [-0.1, -0.05) is 13.8 Å². The van der Waals surface area contributed by atoms with E-state index in [1.54, 1.807) is 0 Å². The van der Waals surface area contributed by atoms with Crippen molar-refractivity contribution in [3.05, 3.63) is 0 Å². The van der Waals surface area contributed by atoms with E-state index in [9.17, 15) is 5.11 Å². The zero-order valence-corrected chi connectivity index (χ0v) is 10.1. The lowest BCUT2D eigenvalue weighted by Crippen LogP contribution is -2.47. The van der Waals surface area contributed by atoms with Gasteiger partial charge in [-0.15, -0.1) is 0 Å². The molecule has 0 aromatic rings. The van der Waals surface area contributed by atoms with Gasteiger partial charge in [-0.3, -0.25) is 4.90 Å². The zero-order valence-electron chi connectivity index (χ0n) is 10.1. The van der Waals surface area contributed by atoms with Crippen LogP contribution in [0.3, 0.4) is 0 Å². The van der Waals surface area contributed by atoms with Gasteiger partial charge in [-0.05, 0) is 6.92 Å². The molecule has 0 aromatic carbocycles. The molecule has 0 saturated carbocycles. The second-order valence-corrected chi connectivity index (χ2v) is 4.66. The van der Waals surface area contributed by atoms with Crippen molar-refractivity contribution in [2.24, 2.45) is 0 Å². The minimum absolute atomic E-state index is 0.280. The van der Waals surface area contributed by atoms with Crippen molar-refractivity contribution < 1.29 is 9.84 Å². The van der Waals surface area contributed by atoms with Crippen LogP contribution in [-0.4, -0.2) is 61.0 Å². The van der Waals surface area contributed by atoms with E-state index in [0.717, 1.165) is 26.2 Å². The highest BCUT2D eigenvalue weighted by Crippen LogP contribution is 2.04. The lowest BCUT2D eigenvalue weighted by Gasteiger charge is -2.32. The summed E-state index contributed by atoms with van der Waals surface area (Å²) in [7, 11) is 0. The second-order valence-electron chi connectivity index (χ2n) is 4.66. The minimum atomic E-state index is -0.280. The van der Waals surface area contributed by atoms with Crippen LogP contribution in [0, 0.1) is 0 Å². The van der Waals surface area contributed by atoms with E-state index >= 15 is 0 Å². The molecule has 0 aliphatic carbocycles. The number of morpholine rings is 1. The quantitative estimate of drug-likeness (QED) is 0.682. The summed E-state index contributed by atoms with van der Waals surface area (Å²) in [6, 6.07) is 0.434. The van der Waals surface area contributed by atoms with Crippen LogP contribution in [0.15, 0.2) is 0 Å². The van der Waals surface area contributed by atoms with Crippen LogP contribution >= 0.6 is 0 Å². The van der Waals surface area contributed by atoms with Gasteiger partial charge < -0.3 is 15.2 Å². The third kappa shape index (κ3) is 5.47. The minimum Gasteiger partial charge on any atom is -0.390 e. The molecule has 2 N–H and O–H groups in total. The average Bonchev–Trinajstić information content (AvgIpc) is 2.15. The highest BCUT2D eigenvalue weighted by atomic mass is 16.5. The van der Waals surface area contributed by atoms with Crippen LogP contribution in [0.5, 0.6) is 0 Å². The number of rotatable bonds is 5. The summed E-state index contributed by atoms with van der Waals surface area (Å²) in [4.78, 5) is 2.26. The molecule has 4 heteroatoms. The van der Waals surface area contributed by atoms with E-state index in [1.165, 1.54) is 0 Å². The van der Waals surface area contributed by atoms with E-state index in [4.69, 9.17) is 4.74 Å². The number of nitrogens with zero attached hydrogens (tertiary/aromatic N) is 1. The van der Waals surface area contributed by atoms with Crippen LogP contribution < -0.4 is 5.32 Å². The number of β-amino-alcohol motifs (C(OH)–C–C–N with tert-alkyl or cyclic N) is 1. The number of hydrogen-bond donors (Lipinski definition) is 2. The van der Waals surface area contributed by atoms with Crippen molar-refractivity contribution in [1.82, 2.24) is 10.2 Å². The normalized spacial score (nSPS) is 25.8. The Hall–Kier alpha value is -0.160. The van der Waals surface area contributed by atoms with Crippen molar-refractivity contribution in [3.63, 3.8) is 0 Å². The van der Waals surface area contributed by atoms with Crippen LogP contribution in [0.25, 0.3) is 0 Å². The van der Waals surface area contributed by atoms with E-state index in [1.807, 2.05) is 0 Å². The van der Waals surface area contributed by atoms with Gasteiger partial charge in [0, 0.05) is 32.2 Å². The Morgan fingerprint density at radius 3 is 2.87 bits per heavy atom. The predicted molar refractivity (Wildman–Crippen MR) is 61.0 cm³/mol. The molecule has 0 spiro atoms.